The predicted octanol–water partition coefficient (Wildman–Crippen LogP) is 6.08. The van der Waals surface area contributed by atoms with Crippen LogP contribution < -0.4 is 21.6 Å². The number of anilines is 2. The van der Waals surface area contributed by atoms with Crippen LogP contribution in [0.4, 0.5) is 20.2 Å². The van der Waals surface area contributed by atoms with Crippen molar-refractivity contribution in [2.24, 2.45) is 5.41 Å². The molecule has 1 aliphatic heterocycles. The quantitative estimate of drug-likeness (QED) is 0.247. The van der Waals surface area contributed by atoms with E-state index < -0.39 is 18.0 Å². The number of pyridine rings is 1. The summed E-state index contributed by atoms with van der Waals surface area (Å²) >= 11 is 6.66. The van der Waals surface area contributed by atoms with Crippen LogP contribution in [0.3, 0.4) is 0 Å². The highest BCUT2D eigenvalue weighted by atomic mass is 35.5. The number of aromatic nitrogens is 1. The Kier molecular flexibility index (Phi) is 7.55. The van der Waals surface area contributed by atoms with Gasteiger partial charge < -0.3 is 16.1 Å². The second kappa shape index (κ2) is 11.0. The molecule has 0 radical (unpaired) electrons. The van der Waals surface area contributed by atoms with Crippen LogP contribution in [0.2, 0.25) is 5.02 Å². The zero-order valence-electron chi connectivity index (χ0n) is 23.2. The average molecular weight is 588 g/mol. The minimum absolute atomic E-state index is 0.0967. The Morgan fingerprint density at radius 1 is 1.10 bits per heavy atom. The van der Waals surface area contributed by atoms with E-state index in [2.05, 4.69) is 65.6 Å². The van der Waals surface area contributed by atoms with E-state index in [1.807, 2.05) is 0 Å². The van der Waals surface area contributed by atoms with Gasteiger partial charge in [-0.25, -0.2) is 8.78 Å². The van der Waals surface area contributed by atoms with Crippen LogP contribution >= 0.6 is 11.6 Å². The van der Waals surface area contributed by atoms with Gasteiger partial charge in [-0.3, -0.25) is 9.99 Å². The number of hydrogen-bond donors (Lipinski definition) is 4. The molecule has 1 atom stereocenters. The first-order valence-corrected chi connectivity index (χ1v) is 13.7. The average Bonchev–Trinajstić information content (AvgIpc) is 3.64. The summed E-state index contributed by atoms with van der Waals surface area (Å²) in [4.78, 5) is 4.40. The Morgan fingerprint density at radius 3 is 2.43 bits per heavy atom. The molecule has 9 nitrogen and oxygen atoms in total. The molecular formula is C30H28ClF2N9. The van der Waals surface area contributed by atoms with Crippen molar-refractivity contribution in [1.29, 1.82) is 15.8 Å². The van der Waals surface area contributed by atoms with Crippen LogP contribution in [0.15, 0.2) is 48.4 Å². The molecule has 214 valence electrons. The third-order valence-corrected chi connectivity index (χ3v) is 7.75. The molecule has 3 aromatic rings. The van der Waals surface area contributed by atoms with Gasteiger partial charge in [-0.15, -0.1) is 5.53 Å². The molecule has 5 rings (SSSR count). The standard InChI is InChI=1S/C30H28ClF2N9/c1-29(2,3)16-38-26-19(13-36)14-37-25-18(12-35)9-20(10-22(25)26)39-27(21-6-4-5-17(11-34)24(21)31)23-15-42(41-40-23)30(7-8-30)28(32)33/h4-6,9-10,14-15,27-28,39-41H,7-8,16H2,1-3H3,(H,37,38)/t27-/m0/s1. The number of hydrogen-bond acceptors (Lipinski definition) is 9. The first-order valence-electron chi connectivity index (χ1n) is 13.3. The molecule has 4 N–H and O–H groups in total. The van der Waals surface area contributed by atoms with Crippen LogP contribution in [0.25, 0.3) is 10.9 Å². The Bertz CT molecular complexity index is 1710. The topological polar surface area (TPSA) is 136 Å². The Morgan fingerprint density at radius 2 is 1.81 bits per heavy atom. The summed E-state index contributed by atoms with van der Waals surface area (Å²) in [5.41, 5.74) is 7.76. The zero-order valence-corrected chi connectivity index (χ0v) is 23.9. The number of rotatable bonds is 8. The molecule has 2 heterocycles. The summed E-state index contributed by atoms with van der Waals surface area (Å²) in [6.45, 7) is 6.74. The number of fused-ring (bicyclic) bond motifs is 1. The summed E-state index contributed by atoms with van der Waals surface area (Å²) in [6.07, 6.45) is 1.13. The number of nitrogens with zero attached hydrogens (tertiary/aromatic N) is 5. The van der Waals surface area contributed by atoms with Crippen LogP contribution in [-0.2, 0) is 0 Å². The van der Waals surface area contributed by atoms with Gasteiger partial charge in [-0.1, -0.05) is 44.5 Å². The fourth-order valence-electron chi connectivity index (χ4n) is 4.86. The van der Waals surface area contributed by atoms with Crippen LogP contribution in [0, 0.1) is 39.4 Å². The van der Waals surface area contributed by atoms with E-state index >= 15 is 0 Å². The number of nitriles is 3. The molecule has 1 aromatic heterocycles. The molecule has 0 unspecified atom stereocenters. The van der Waals surface area contributed by atoms with Gasteiger partial charge in [0.15, 0.2) is 0 Å². The maximum absolute atomic E-state index is 13.9. The monoisotopic (exact) mass is 587 g/mol. The van der Waals surface area contributed by atoms with Gasteiger partial charge in [0, 0.05) is 35.6 Å². The highest BCUT2D eigenvalue weighted by Gasteiger charge is 2.56. The molecule has 0 amide bonds. The lowest BCUT2D eigenvalue weighted by Crippen LogP contribution is -2.48. The first kappa shape index (κ1) is 28.9. The summed E-state index contributed by atoms with van der Waals surface area (Å²) in [5, 5.41) is 38.4. The highest BCUT2D eigenvalue weighted by molar-refractivity contribution is 6.32. The summed E-state index contributed by atoms with van der Waals surface area (Å²) < 4.78 is 27.8. The van der Waals surface area contributed by atoms with E-state index in [1.165, 1.54) is 11.2 Å². The van der Waals surface area contributed by atoms with Gasteiger partial charge >= 0.3 is 0 Å². The molecule has 1 fully saturated rings. The smallest absolute Gasteiger partial charge is 0.262 e. The molecule has 2 aliphatic rings. The van der Waals surface area contributed by atoms with Crippen molar-refractivity contribution in [1.82, 2.24) is 21.0 Å². The largest absolute Gasteiger partial charge is 0.383 e. The maximum atomic E-state index is 13.9. The number of halogens is 3. The summed E-state index contributed by atoms with van der Waals surface area (Å²) in [5.74, 6) is 0. The van der Waals surface area contributed by atoms with Crippen LogP contribution in [0.5, 0.6) is 0 Å². The zero-order chi connectivity index (χ0) is 30.2. The second-order valence-electron chi connectivity index (χ2n) is 11.6. The van der Waals surface area contributed by atoms with E-state index in [0.29, 0.717) is 58.5 Å². The van der Waals surface area contributed by atoms with Gasteiger partial charge in [-0.2, -0.15) is 15.8 Å². The van der Waals surface area contributed by atoms with E-state index in [1.54, 1.807) is 36.5 Å². The lowest BCUT2D eigenvalue weighted by atomic mass is 9.96. The predicted molar refractivity (Wildman–Crippen MR) is 156 cm³/mol. The Hall–Kier alpha value is -4.63. The maximum Gasteiger partial charge on any atom is 0.262 e. The van der Waals surface area contributed by atoms with Crippen molar-refractivity contribution >= 4 is 33.9 Å². The molecule has 1 aliphatic carbocycles. The van der Waals surface area contributed by atoms with E-state index in [9.17, 15) is 24.6 Å². The van der Waals surface area contributed by atoms with Gasteiger partial charge in [0.25, 0.3) is 6.43 Å². The fourth-order valence-corrected chi connectivity index (χ4v) is 5.13. The molecule has 12 heteroatoms. The van der Waals surface area contributed by atoms with E-state index in [0.717, 1.165) is 0 Å². The van der Waals surface area contributed by atoms with E-state index in [4.69, 9.17) is 11.6 Å². The molecule has 1 saturated carbocycles. The van der Waals surface area contributed by atoms with Gasteiger partial charge in [-0.05, 0) is 36.5 Å². The Balaban J connectivity index is 1.63. The number of benzene rings is 2. The molecule has 2 aromatic carbocycles. The second-order valence-corrected chi connectivity index (χ2v) is 12.0. The summed E-state index contributed by atoms with van der Waals surface area (Å²) in [6, 6.07) is 14.1. The molecule has 0 spiro atoms. The number of alkyl halides is 2. The lowest BCUT2D eigenvalue weighted by molar-refractivity contribution is 0.00911. The van der Waals surface area contributed by atoms with Gasteiger partial charge in [0.1, 0.15) is 23.7 Å². The minimum atomic E-state index is -2.56. The third kappa shape index (κ3) is 5.35. The van der Waals surface area contributed by atoms with Crippen molar-refractivity contribution in [3.8, 4) is 18.2 Å². The van der Waals surface area contributed by atoms with Gasteiger partial charge in [0.05, 0.1) is 44.7 Å². The number of hydrazine groups is 2. The Labute approximate surface area is 247 Å². The lowest BCUT2D eigenvalue weighted by Gasteiger charge is -2.25. The van der Waals surface area contributed by atoms with Crippen molar-refractivity contribution in [2.75, 3.05) is 17.2 Å². The molecular weight excluding hydrogens is 560 g/mol. The number of nitrogens with one attached hydrogen (secondary N) is 4. The molecule has 42 heavy (non-hydrogen) atoms. The van der Waals surface area contributed by atoms with E-state index in [-0.39, 0.29) is 21.6 Å². The third-order valence-electron chi connectivity index (χ3n) is 7.33. The van der Waals surface area contributed by atoms with Gasteiger partial charge in [0.2, 0.25) is 0 Å². The fraction of sp³-hybridized carbons (Fsp3) is 0.333. The normalized spacial score (nSPS) is 16.2. The van der Waals surface area contributed by atoms with Crippen molar-refractivity contribution < 1.29 is 8.78 Å². The minimum Gasteiger partial charge on any atom is -0.383 e. The SMILES string of the molecule is CC(C)(C)CNc1c(C#N)cnc2c(C#N)cc(N[C@H](C3=CN(C4(C(F)F)CC4)NN3)c3cccc(C#N)c3Cl)cc12. The van der Waals surface area contributed by atoms with Crippen molar-refractivity contribution in [2.45, 2.75) is 51.6 Å². The molecule has 0 bridgehead atoms. The van der Waals surface area contributed by atoms with Crippen LogP contribution in [-0.4, -0.2) is 28.5 Å². The highest BCUT2D eigenvalue weighted by Crippen LogP contribution is 2.47. The molecule has 0 saturated heterocycles. The van der Waals surface area contributed by atoms with Crippen molar-refractivity contribution in [3.63, 3.8) is 0 Å². The van der Waals surface area contributed by atoms with Crippen LogP contribution in [0.1, 0.15) is 61.9 Å². The van der Waals surface area contributed by atoms with Crippen molar-refractivity contribution in [3.05, 3.63) is 75.7 Å². The summed E-state index contributed by atoms with van der Waals surface area (Å²) in [7, 11) is 0. The first-order chi connectivity index (χ1) is 20.0.